The van der Waals surface area contributed by atoms with E-state index < -0.39 is 21.8 Å². The quantitative estimate of drug-likeness (QED) is 0.856. The number of carbonyl (C=O) groups is 1. The Morgan fingerprint density at radius 3 is 2.64 bits per heavy atom. The zero-order chi connectivity index (χ0) is 18.4. The molecular weight excluding hydrogens is 340 g/mol. The van der Waals surface area contributed by atoms with Crippen molar-refractivity contribution in [1.29, 1.82) is 5.26 Å². The average Bonchev–Trinajstić information content (AvgIpc) is 2.62. The van der Waals surface area contributed by atoms with Gasteiger partial charge in [0, 0.05) is 0 Å². The van der Waals surface area contributed by atoms with Crippen molar-refractivity contribution >= 4 is 21.4 Å². The van der Waals surface area contributed by atoms with Crippen LogP contribution >= 0.6 is 0 Å². The maximum atomic E-state index is 12.3. The number of ether oxygens (including phenoxy) is 1. The molecule has 0 saturated heterocycles. The molecule has 25 heavy (non-hydrogen) atoms. The smallest absolute Gasteiger partial charge is 0.265 e. The molecule has 0 bridgehead atoms. The normalized spacial score (nSPS) is 12.0. The summed E-state index contributed by atoms with van der Waals surface area (Å²) in [5.41, 5.74) is 0.639. The van der Waals surface area contributed by atoms with E-state index in [2.05, 4.69) is 5.32 Å². The van der Waals surface area contributed by atoms with Crippen LogP contribution < -0.4 is 10.1 Å². The number of nitrogens with zero attached hydrogens (tertiary/aromatic N) is 1. The highest BCUT2D eigenvalue weighted by atomic mass is 32.2. The van der Waals surface area contributed by atoms with E-state index in [0.29, 0.717) is 11.3 Å². The molecule has 7 heteroatoms. The molecule has 0 heterocycles. The van der Waals surface area contributed by atoms with Gasteiger partial charge in [-0.25, -0.2) is 8.42 Å². The predicted octanol–water partition coefficient (Wildman–Crippen LogP) is 2.76. The molecule has 2 aromatic carbocycles. The molecule has 1 unspecified atom stereocenters. The van der Waals surface area contributed by atoms with Crippen molar-refractivity contribution in [3.63, 3.8) is 0 Å². The van der Waals surface area contributed by atoms with Crippen molar-refractivity contribution in [3.8, 4) is 11.8 Å². The molecule has 0 saturated carbocycles. The van der Waals surface area contributed by atoms with Crippen LogP contribution in [0.2, 0.25) is 0 Å². The lowest BCUT2D eigenvalue weighted by atomic mass is 10.2. The van der Waals surface area contributed by atoms with Crippen molar-refractivity contribution in [1.82, 2.24) is 0 Å². The largest absolute Gasteiger partial charge is 0.481 e. The van der Waals surface area contributed by atoms with Gasteiger partial charge in [-0.2, -0.15) is 5.26 Å². The molecule has 0 aliphatic carbocycles. The fourth-order valence-electron chi connectivity index (χ4n) is 2.13. The second kappa shape index (κ2) is 7.81. The second-order valence-electron chi connectivity index (χ2n) is 5.29. The van der Waals surface area contributed by atoms with Gasteiger partial charge in [0.15, 0.2) is 15.9 Å². The minimum absolute atomic E-state index is 0.0626. The molecule has 1 N–H and O–H groups in total. The van der Waals surface area contributed by atoms with Crippen LogP contribution in [-0.2, 0) is 14.6 Å². The molecule has 130 valence electrons. The maximum Gasteiger partial charge on any atom is 0.265 e. The summed E-state index contributed by atoms with van der Waals surface area (Å²) in [5.74, 6) is -0.162. The van der Waals surface area contributed by atoms with Crippen molar-refractivity contribution in [3.05, 3.63) is 54.1 Å². The number of hydrogen-bond acceptors (Lipinski definition) is 5. The minimum Gasteiger partial charge on any atom is -0.481 e. The summed E-state index contributed by atoms with van der Waals surface area (Å²) >= 11 is 0. The van der Waals surface area contributed by atoms with Crippen LogP contribution in [0.15, 0.2) is 53.4 Å². The SMILES string of the molecule is CCS(=O)(=O)c1ccccc1NC(=O)C(C)Oc1cccc(C#N)c1. The van der Waals surface area contributed by atoms with Crippen molar-refractivity contribution in [2.75, 3.05) is 11.1 Å². The fraction of sp³-hybridized carbons (Fsp3) is 0.222. The van der Waals surface area contributed by atoms with Crippen LogP contribution in [0.1, 0.15) is 19.4 Å². The lowest BCUT2D eigenvalue weighted by Gasteiger charge is -2.16. The lowest BCUT2D eigenvalue weighted by molar-refractivity contribution is -0.122. The topological polar surface area (TPSA) is 96.3 Å². The summed E-state index contributed by atoms with van der Waals surface area (Å²) in [6.07, 6.45) is -0.869. The van der Waals surface area contributed by atoms with Gasteiger partial charge < -0.3 is 10.1 Å². The molecule has 2 rings (SSSR count). The Hall–Kier alpha value is -2.85. The van der Waals surface area contributed by atoms with Crippen molar-refractivity contribution in [2.24, 2.45) is 0 Å². The number of anilines is 1. The third kappa shape index (κ3) is 4.58. The van der Waals surface area contributed by atoms with Gasteiger partial charge in [0.2, 0.25) is 0 Å². The van der Waals surface area contributed by atoms with Crippen molar-refractivity contribution in [2.45, 2.75) is 24.8 Å². The zero-order valence-corrected chi connectivity index (χ0v) is 14.7. The van der Waals surface area contributed by atoms with Crippen LogP contribution in [0.3, 0.4) is 0 Å². The molecule has 6 nitrogen and oxygen atoms in total. The minimum atomic E-state index is -3.46. The third-order valence-corrected chi connectivity index (χ3v) is 5.29. The number of nitrogens with one attached hydrogen (secondary N) is 1. The van der Waals surface area contributed by atoms with Gasteiger partial charge in [0.1, 0.15) is 5.75 Å². The van der Waals surface area contributed by atoms with E-state index in [1.807, 2.05) is 6.07 Å². The molecule has 0 radical (unpaired) electrons. The van der Waals surface area contributed by atoms with Crippen molar-refractivity contribution < 1.29 is 17.9 Å². The summed E-state index contributed by atoms with van der Waals surface area (Å²) in [5, 5.41) is 11.5. The highest BCUT2D eigenvalue weighted by Gasteiger charge is 2.20. The molecule has 0 aliphatic heterocycles. The Labute approximate surface area is 147 Å². The number of nitriles is 1. The summed E-state index contributed by atoms with van der Waals surface area (Å²) in [6.45, 7) is 3.09. The highest BCUT2D eigenvalue weighted by molar-refractivity contribution is 7.91. The molecular formula is C18H18N2O4S. The van der Waals surface area contributed by atoms with Gasteiger partial charge in [0.05, 0.1) is 28.0 Å². The number of carbonyl (C=O) groups excluding carboxylic acids is 1. The molecule has 0 spiro atoms. The van der Waals surface area contributed by atoms with E-state index in [0.717, 1.165) is 0 Å². The third-order valence-electron chi connectivity index (χ3n) is 3.51. The van der Waals surface area contributed by atoms with Gasteiger partial charge in [-0.1, -0.05) is 25.1 Å². The van der Waals surface area contributed by atoms with E-state index in [9.17, 15) is 13.2 Å². The summed E-state index contributed by atoms with van der Waals surface area (Å²) in [6, 6.07) is 14.7. The molecule has 1 atom stereocenters. The number of sulfone groups is 1. The van der Waals surface area contributed by atoms with Gasteiger partial charge in [-0.3, -0.25) is 4.79 Å². The van der Waals surface area contributed by atoms with Crippen LogP contribution in [0.4, 0.5) is 5.69 Å². The van der Waals surface area contributed by atoms with Crippen LogP contribution in [-0.4, -0.2) is 26.2 Å². The average molecular weight is 358 g/mol. The molecule has 0 aromatic heterocycles. The lowest BCUT2D eigenvalue weighted by Crippen LogP contribution is -2.30. The summed E-state index contributed by atoms with van der Waals surface area (Å²) in [7, 11) is -3.46. The first-order chi connectivity index (χ1) is 11.9. The standard InChI is InChI=1S/C18H18N2O4S/c1-3-25(22,23)17-10-5-4-9-16(17)20-18(21)13(2)24-15-8-6-7-14(11-15)12-19/h4-11,13H,3H2,1-2H3,(H,20,21). The second-order valence-corrected chi connectivity index (χ2v) is 7.54. The van der Waals surface area contributed by atoms with E-state index in [-0.39, 0.29) is 16.3 Å². The van der Waals surface area contributed by atoms with Crippen LogP contribution in [0.5, 0.6) is 5.75 Å². The number of benzene rings is 2. The van der Waals surface area contributed by atoms with E-state index >= 15 is 0 Å². The van der Waals surface area contributed by atoms with E-state index in [4.69, 9.17) is 10.00 Å². The molecule has 0 aliphatic rings. The maximum absolute atomic E-state index is 12.3. The Bertz CT molecular complexity index is 917. The zero-order valence-electron chi connectivity index (χ0n) is 13.9. The number of amides is 1. The van der Waals surface area contributed by atoms with E-state index in [1.54, 1.807) is 44.2 Å². The number of para-hydroxylation sites is 1. The molecule has 1 amide bonds. The fourth-order valence-corrected chi connectivity index (χ4v) is 3.18. The molecule has 0 fully saturated rings. The highest BCUT2D eigenvalue weighted by Crippen LogP contribution is 2.22. The summed E-state index contributed by atoms with van der Waals surface area (Å²) < 4.78 is 29.8. The Kier molecular flexibility index (Phi) is 5.78. The Morgan fingerprint density at radius 1 is 1.24 bits per heavy atom. The molecule has 2 aromatic rings. The Balaban J connectivity index is 2.16. The number of hydrogen-bond donors (Lipinski definition) is 1. The Morgan fingerprint density at radius 2 is 1.96 bits per heavy atom. The number of rotatable bonds is 6. The first-order valence-corrected chi connectivity index (χ1v) is 9.32. The van der Waals surface area contributed by atoms with Gasteiger partial charge in [0.25, 0.3) is 5.91 Å². The first kappa shape index (κ1) is 18.5. The monoisotopic (exact) mass is 358 g/mol. The van der Waals surface area contributed by atoms with Crippen LogP contribution in [0, 0.1) is 11.3 Å². The van der Waals surface area contributed by atoms with Gasteiger partial charge in [-0.05, 0) is 37.3 Å². The first-order valence-electron chi connectivity index (χ1n) is 7.67. The summed E-state index contributed by atoms with van der Waals surface area (Å²) in [4.78, 5) is 12.4. The predicted molar refractivity (Wildman–Crippen MR) is 94.0 cm³/mol. The van der Waals surface area contributed by atoms with E-state index in [1.165, 1.54) is 18.2 Å². The van der Waals surface area contributed by atoms with Gasteiger partial charge >= 0.3 is 0 Å². The van der Waals surface area contributed by atoms with Gasteiger partial charge in [-0.15, -0.1) is 0 Å². The van der Waals surface area contributed by atoms with Crippen LogP contribution in [0.25, 0.3) is 0 Å².